The van der Waals surface area contributed by atoms with Crippen LogP contribution in [0, 0.1) is 0 Å². The van der Waals surface area contributed by atoms with Crippen molar-refractivity contribution in [2.45, 2.75) is 57.0 Å². The molecule has 0 spiro atoms. The van der Waals surface area contributed by atoms with Crippen LogP contribution in [0.5, 0.6) is 5.75 Å². The van der Waals surface area contributed by atoms with Gasteiger partial charge in [-0.25, -0.2) is 0 Å². The van der Waals surface area contributed by atoms with E-state index in [2.05, 4.69) is 10.2 Å². The zero-order valence-corrected chi connectivity index (χ0v) is 14.1. The number of rotatable bonds is 5. The standard InChI is InChI=1S/C19H28N2O2/c1-23-17-11-9-15(10-12-17)18(21-13-5-2-6-14-21)19(22)20-16-7-3-4-8-16/h9-12,16,18H,2-8,13-14H2,1H3,(H,20,22). The molecule has 1 amide bonds. The molecule has 2 fully saturated rings. The molecule has 1 aliphatic heterocycles. The lowest BCUT2D eigenvalue weighted by atomic mass is 10.00. The predicted octanol–water partition coefficient (Wildman–Crippen LogP) is 3.28. The lowest BCUT2D eigenvalue weighted by molar-refractivity contribution is -0.127. The number of hydrogen-bond donors (Lipinski definition) is 1. The van der Waals surface area contributed by atoms with Gasteiger partial charge >= 0.3 is 0 Å². The molecule has 0 radical (unpaired) electrons. The molecule has 1 heterocycles. The first-order valence-corrected chi connectivity index (χ1v) is 8.96. The molecule has 1 saturated heterocycles. The number of ether oxygens (including phenoxy) is 1. The smallest absolute Gasteiger partial charge is 0.242 e. The van der Waals surface area contributed by atoms with Crippen molar-refractivity contribution in [2.75, 3.05) is 20.2 Å². The van der Waals surface area contributed by atoms with Gasteiger partial charge in [0.15, 0.2) is 0 Å². The van der Waals surface area contributed by atoms with Gasteiger partial charge in [0, 0.05) is 6.04 Å². The molecule has 1 unspecified atom stereocenters. The normalized spacial score (nSPS) is 21.1. The van der Waals surface area contributed by atoms with E-state index in [1.807, 2.05) is 24.3 Å². The molecule has 1 N–H and O–H groups in total. The van der Waals surface area contributed by atoms with Crippen LogP contribution < -0.4 is 10.1 Å². The second kappa shape index (κ2) is 7.82. The summed E-state index contributed by atoms with van der Waals surface area (Å²) in [7, 11) is 1.67. The van der Waals surface area contributed by atoms with Crippen LogP contribution in [-0.4, -0.2) is 37.0 Å². The van der Waals surface area contributed by atoms with Gasteiger partial charge < -0.3 is 10.1 Å². The molecule has 4 heteroatoms. The van der Waals surface area contributed by atoms with Gasteiger partial charge in [0.1, 0.15) is 11.8 Å². The van der Waals surface area contributed by atoms with Crippen LogP contribution in [-0.2, 0) is 4.79 Å². The Morgan fingerprint density at radius 2 is 1.74 bits per heavy atom. The Kier molecular flexibility index (Phi) is 5.55. The van der Waals surface area contributed by atoms with Gasteiger partial charge in [-0.1, -0.05) is 31.4 Å². The van der Waals surface area contributed by atoms with E-state index in [1.54, 1.807) is 7.11 Å². The molecular formula is C19H28N2O2. The Hall–Kier alpha value is -1.55. The number of piperidine rings is 1. The van der Waals surface area contributed by atoms with Crippen LogP contribution in [0.2, 0.25) is 0 Å². The van der Waals surface area contributed by atoms with E-state index in [-0.39, 0.29) is 11.9 Å². The number of amides is 1. The lowest BCUT2D eigenvalue weighted by Gasteiger charge is -2.34. The monoisotopic (exact) mass is 316 g/mol. The van der Waals surface area contributed by atoms with E-state index in [4.69, 9.17) is 4.74 Å². The molecule has 1 aliphatic carbocycles. The topological polar surface area (TPSA) is 41.6 Å². The number of carbonyl (C=O) groups excluding carboxylic acids is 1. The van der Waals surface area contributed by atoms with Crippen molar-refractivity contribution >= 4 is 5.91 Å². The summed E-state index contributed by atoms with van der Waals surface area (Å²) in [6, 6.07) is 8.18. The molecule has 1 atom stereocenters. The lowest BCUT2D eigenvalue weighted by Crippen LogP contribution is -2.45. The number of likely N-dealkylation sites (tertiary alicyclic amines) is 1. The van der Waals surface area contributed by atoms with Gasteiger partial charge in [-0.3, -0.25) is 9.69 Å². The number of nitrogens with zero attached hydrogens (tertiary/aromatic N) is 1. The summed E-state index contributed by atoms with van der Waals surface area (Å²) in [4.78, 5) is 15.3. The highest BCUT2D eigenvalue weighted by atomic mass is 16.5. The summed E-state index contributed by atoms with van der Waals surface area (Å²) in [5, 5.41) is 3.29. The minimum Gasteiger partial charge on any atom is -0.497 e. The van der Waals surface area contributed by atoms with Crippen LogP contribution in [0.3, 0.4) is 0 Å². The highest BCUT2D eigenvalue weighted by Crippen LogP contribution is 2.27. The first-order valence-electron chi connectivity index (χ1n) is 8.96. The molecule has 1 saturated carbocycles. The molecule has 4 nitrogen and oxygen atoms in total. The third-order valence-electron chi connectivity index (χ3n) is 5.14. The van der Waals surface area contributed by atoms with Crippen molar-refractivity contribution in [3.05, 3.63) is 29.8 Å². The summed E-state index contributed by atoms with van der Waals surface area (Å²) in [5.41, 5.74) is 1.07. The summed E-state index contributed by atoms with van der Waals surface area (Å²) >= 11 is 0. The minimum absolute atomic E-state index is 0.165. The summed E-state index contributed by atoms with van der Waals surface area (Å²) < 4.78 is 5.25. The molecule has 23 heavy (non-hydrogen) atoms. The van der Waals surface area contributed by atoms with E-state index >= 15 is 0 Å². The van der Waals surface area contributed by atoms with Crippen molar-refractivity contribution < 1.29 is 9.53 Å². The number of benzene rings is 1. The van der Waals surface area contributed by atoms with Crippen LogP contribution in [0.1, 0.15) is 56.6 Å². The molecule has 0 aromatic heterocycles. The second-order valence-corrected chi connectivity index (χ2v) is 6.76. The number of hydrogen-bond acceptors (Lipinski definition) is 3. The first-order chi connectivity index (χ1) is 11.3. The van der Waals surface area contributed by atoms with E-state index in [0.717, 1.165) is 37.2 Å². The quantitative estimate of drug-likeness (QED) is 0.906. The Labute approximate surface area is 139 Å². The Morgan fingerprint density at radius 1 is 1.09 bits per heavy atom. The maximum Gasteiger partial charge on any atom is 0.242 e. The van der Waals surface area contributed by atoms with Crippen molar-refractivity contribution in [1.82, 2.24) is 10.2 Å². The van der Waals surface area contributed by atoms with Crippen molar-refractivity contribution in [3.8, 4) is 5.75 Å². The van der Waals surface area contributed by atoms with Gasteiger partial charge in [-0.2, -0.15) is 0 Å². The molecule has 1 aromatic rings. The SMILES string of the molecule is COc1ccc(C(C(=O)NC2CCCC2)N2CCCCC2)cc1. The average molecular weight is 316 g/mol. The first kappa shape index (κ1) is 16.3. The number of carbonyl (C=O) groups is 1. The summed E-state index contributed by atoms with van der Waals surface area (Å²) in [6.07, 6.45) is 8.37. The van der Waals surface area contributed by atoms with E-state index < -0.39 is 0 Å². The molecule has 2 aliphatic rings. The maximum absolute atomic E-state index is 13.0. The Morgan fingerprint density at radius 3 is 2.35 bits per heavy atom. The fourth-order valence-corrected chi connectivity index (χ4v) is 3.84. The molecular weight excluding hydrogens is 288 g/mol. The highest BCUT2D eigenvalue weighted by Gasteiger charge is 2.30. The third kappa shape index (κ3) is 4.05. The maximum atomic E-state index is 13.0. The van der Waals surface area contributed by atoms with Crippen molar-refractivity contribution in [3.63, 3.8) is 0 Å². The fraction of sp³-hybridized carbons (Fsp3) is 0.632. The third-order valence-corrected chi connectivity index (χ3v) is 5.14. The van der Waals surface area contributed by atoms with E-state index in [1.165, 1.54) is 32.1 Å². The largest absolute Gasteiger partial charge is 0.497 e. The fourth-order valence-electron chi connectivity index (χ4n) is 3.84. The highest BCUT2D eigenvalue weighted by molar-refractivity contribution is 5.83. The zero-order valence-electron chi connectivity index (χ0n) is 14.1. The minimum atomic E-state index is -0.165. The van der Waals surface area contributed by atoms with Gasteiger partial charge in [0.2, 0.25) is 5.91 Å². The second-order valence-electron chi connectivity index (χ2n) is 6.76. The predicted molar refractivity (Wildman–Crippen MR) is 91.6 cm³/mol. The van der Waals surface area contributed by atoms with Gasteiger partial charge in [-0.15, -0.1) is 0 Å². The molecule has 1 aromatic carbocycles. The average Bonchev–Trinajstić information content (AvgIpc) is 3.10. The molecule has 0 bridgehead atoms. The number of nitrogens with one attached hydrogen (secondary N) is 1. The van der Waals surface area contributed by atoms with Crippen molar-refractivity contribution in [2.24, 2.45) is 0 Å². The van der Waals surface area contributed by atoms with Crippen LogP contribution in [0.4, 0.5) is 0 Å². The van der Waals surface area contributed by atoms with E-state index in [9.17, 15) is 4.79 Å². The molecule has 3 rings (SSSR count). The zero-order chi connectivity index (χ0) is 16.1. The Bertz CT molecular complexity index is 503. The van der Waals surface area contributed by atoms with Gasteiger partial charge in [0.25, 0.3) is 0 Å². The van der Waals surface area contributed by atoms with Crippen LogP contribution in [0.25, 0.3) is 0 Å². The Balaban J connectivity index is 1.77. The van der Waals surface area contributed by atoms with Crippen LogP contribution >= 0.6 is 0 Å². The van der Waals surface area contributed by atoms with Crippen molar-refractivity contribution in [1.29, 1.82) is 0 Å². The van der Waals surface area contributed by atoms with E-state index in [0.29, 0.717) is 6.04 Å². The summed E-state index contributed by atoms with van der Waals surface area (Å²) in [6.45, 7) is 2.02. The van der Waals surface area contributed by atoms with Crippen LogP contribution in [0.15, 0.2) is 24.3 Å². The summed E-state index contributed by atoms with van der Waals surface area (Å²) in [5.74, 6) is 1.01. The van der Waals surface area contributed by atoms with Gasteiger partial charge in [0.05, 0.1) is 7.11 Å². The molecule has 126 valence electrons. The van der Waals surface area contributed by atoms with Gasteiger partial charge in [-0.05, 0) is 56.5 Å². The number of methoxy groups -OCH3 is 1.